The van der Waals surface area contributed by atoms with E-state index in [0.29, 0.717) is 0 Å². The third-order valence-corrected chi connectivity index (χ3v) is 9.95. The van der Waals surface area contributed by atoms with Crippen molar-refractivity contribution in [1.82, 2.24) is 9.97 Å². The Labute approximate surface area is 292 Å². The molecule has 50 heavy (non-hydrogen) atoms. The summed E-state index contributed by atoms with van der Waals surface area (Å²) in [6.07, 6.45) is 7.77. The summed E-state index contributed by atoms with van der Waals surface area (Å²) in [5.74, 6) is 2.59. The minimum Gasteiger partial charge on any atom is -0.457 e. The van der Waals surface area contributed by atoms with Crippen molar-refractivity contribution in [3.8, 4) is 45.1 Å². The molecule has 6 aromatic carbocycles. The molecule has 2 aliphatic rings. The first-order valence-electron chi connectivity index (χ1n) is 17.2. The molecule has 1 aromatic heterocycles. The van der Waals surface area contributed by atoms with Gasteiger partial charge in [-0.05, 0) is 52.9 Å². The Bertz CT molecular complexity index is 2330. The maximum Gasteiger partial charge on any atom is 0.136 e. The van der Waals surface area contributed by atoms with Crippen LogP contribution in [0.3, 0.4) is 0 Å². The highest BCUT2D eigenvalue weighted by atomic mass is 16.5. The summed E-state index contributed by atoms with van der Waals surface area (Å²) in [6.45, 7) is 0. The first-order chi connectivity index (χ1) is 24.8. The molecule has 9 rings (SSSR count). The summed E-state index contributed by atoms with van der Waals surface area (Å²) in [6, 6.07) is 59.4. The summed E-state index contributed by atoms with van der Waals surface area (Å²) in [5.41, 5.74) is 10.5. The summed E-state index contributed by atoms with van der Waals surface area (Å²) in [7, 11) is 0. The number of hydrogen-bond donors (Lipinski definition) is 0. The Kier molecular flexibility index (Phi) is 7.51. The van der Waals surface area contributed by atoms with Gasteiger partial charge >= 0.3 is 0 Å². The first kappa shape index (κ1) is 29.8. The topological polar surface area (TPSA) is 35.0 Å². The number of aromatic nitrogens is 2. The Morgan fingerprint density at radius 1 is 0.500 bits per heavy atom. The number of hydrogen-bond acceptors (Lipinski definition) is 3. The van der Waals surface area contributed by atoms with E-state index in [9.17, 15) is 0 Å². The van der Waals surface area contributed by atoms with E-state index in [1.54, 1.807) is 0 Å². The average molecular weight is 643 g/mol. The lowest BCUT2D eigenvalue weighted by atomic mass is 9.62. The summed E-state index contributed by atoms with van der Waals surface area (Å²) < 4.78 is 6.51. The lowest BCUT2D eigenvalue weighted by Crippen LogP contribution is -2.35. The molecular weight excluding hydrogens is 609 g/mol. The summed E-state index contributed by atoms with van der Waals surface area (Å²) in [5, 5.41) is 0. The molecule has 0 fully saturated rings. The molecule has 0 N–H and O–H groups in total. The van der Waals surface area contributed by atoms with Crippen molar-refractivity contribution in [2.75, 3.05) is 0 Å². The van der Waals surface area contributed by atoms with E-state index in [0.717, 1.165) is 62.9 Å². The van der Waals surface area contributed by atoms with Crippen molar-refractivity contribution in [1.29, 1.82) is 0 Å². The minimum absolute atomic E-state index is 0.0108. The molecule has 1 aliphatic heterocycles. The maximum absolute atomic E-state index is 6.51. The van der Waals surface area contributed by atoms with E-state index in [-0.39, 0.29) is 5.92 Å². The van der Waals surface area contributed by atoms with Gasteiger partial charge in [0, 0.05) is 28.2 Å². The highest BCUT2D eigenvalue weighted by molar-refractivity contribution is 5.74. The second-order valence-electron chi connectivity index (χ2n) is 12.9. The van der Waals surface area contributed by atoms with Gasteiger partial charge in [0.15, 0.2) is 0 Å². The van der Waals surface area contributed by atoms with Crippen LogP contribution in [0, 0.1) is 0 Å². The fourth-order valence-corrected chi connectivity index (χ4v) is 7.59. The lowest BCUT2D eigenvalue weighted by Gasteiger charge is -2.42. The summed E-state index contributed by atoms with van der Waals surface area (Å²) in [4.78, 5) is 10.5. The van der Waals surface area contributed by atoms with Crippen molar-refractivity contribution < 1.29 is 4.74 Å². The van der Waals surface area contributed by atoms with Gasteiger partial charge in [-0.2, -0.15) is 0 Å². The third kappa shape index (κ3) is 5.15. The Hall–Kier alpha value is -6.32. The number of ether oxygens (including phenoxy) is 1. The van der Waals surface area contributed by atoms with Gasteiger partial charge < -0.3 is 4.74 Å². The Morgan fingerprint density at radius 2 is 1.04 bits per heavy atom. The van der Waals surface area contributed by atoms with Crippen molar-refractivity contribution in [2.45, 2.75) is 17.8 Å². The van der Waals surface area contributed by atoms with Gasteiger partial charge in [-0.3, -0.25) is 0 Å². The van der Waals surface area contributed by atoms with Gasteiger partial charge in [0.2, 0.25) is 0 Å². The number of rotatable bonds is 6. The molecule has 3 nitrogen and oxygen atoms in total. The molecule has 7 aromatic rings. The van der Waals surface area contributed by atoms with Gasteiger partial charge in [-0.25, -0.2) is 9.97 Å². The zero-order chi connectivity index (χ0) is 33.3. The number of para-hydroxylation sites is 2. The zero-order valence-corrected chi connectivity index (χ0v) is 27.5. The SMILES string of the molecule is C1=CC(c2nc(-c3ccccc3)cc(-c3cccc(-c4ccccc4)c3)n2)CC=C1C1(c2ccccc2)c2ccccc2Oc2ccccc21. The van der Waals surface area contributed by atoms with Gasteiger partial charge in [0.05, 0.1) is 16.8 Å². The van der Waals surface area contributed by atoms with Crippen LogP contribution in [-0.4, -0.2) is 9.97 Å². The highest BCUT2D eigenvalue weighted by Crippen LogP contribution is 2.56. The molecule has 0 bridgehead atoms. The standard InChI is InChI=1S/C47H34N2O/c1-4-15-33(16-5-1)36-19-14-20-37(31-36)43-32-42(34-17-6-2-7-18-34)48-46(49-43)35-27-29-39(30-28-35)47(38-21-8-3-9-22-38)40-23-10-12-25-44(40)50-45-26-13-11-24-41(45)47/h1-27,29-32,35H,28H2. The van der Waals surface area contributed by atoms with Crippen LogP contribution in [0.2, 0.25) is 0 Å². The second kappa shape index (κ2) is 12.6. The molecular formula is C47H34N2O. The number of allylic oxidation sites excluding steroid dienone is 4. The van der Waals surface area contributed by atoms with Crippen LogP contribution in [0.15, 0.2) is 194 Å². The van der Waals surface area contributed by atoms with Crippen LogP contribution in [0.5, 0.6) is 11.5 Å². The predicted octanol–water partition coefficient (Wildman–Crippen LogP) is 11.6. The van der Waals surface area contributed by atoms with E-state index in [1.807, 2.05) is 18.2 Å². The van der Waals surface area contributed by atoms with E-state index >= 15 is 0 Å². The summed E-state index contributed by atoms with van der Waals surface area (Å²) >= 11 is 0. The Morgan fingerprint density at radius 3 is 1.68 bits per heavy atom. The highest BCUT2D eigenvalue weighted by Gasteiger charge is 2.46. The van der Waals surface area contributed by atoms with Crippen LogP contribution in [0.1, 0.15) is 34.9 Å². The van der Waals surface area contributed by atoms with Crippen molar-refractivity contribution in [3.05, 3.63) is 216 Å². The zero-order valence-electron chi connectivity index (χ0n) is 27.5. The fraction of sp³-hybridized carbons (Fsp3) is 0.0638. The number of nitrogens with zero attached hydrogens (tertiary/aromatic N) is 2. The first-order valence-corrected chi connectivity index (χ1v) is 17.2. The quantitative estimate of drug-likeness (QED) is 0.181. The van der Waals surface area contributed by atoms with Crippen molar-refractivity contribution in [3.63, 3.8) is 0 Å². The van der Waals surface area contributed by atoms with Crippen LogP contribution in [0.4, 0.5) is 0 Å². The number of benzene rings is 6. The van der Waals surface area contributed by atoms with Crippen molar-refractivity contribution >= 4 is 0 Å². The Balaban J connectivity index is 1.16. The molecule has 0 radical (unpaired) electrons. The number of fused-ring (bicyclic) bond motifs is 2. The van der Waals surface area contributed by atoms with Crippen LogP contribution >= 0.6 is 0 Å². The van der Waals surface area contributed by atoms with E-state index in [2.05, 4.69) is 170 Å². The molecule has 1 atom stereocenters. The minimum atomic E-state index is -0.538. The monoisotopic (exact) mass is 642 g/mol. The maximum atomic E-state index is 6.51. The van der Waals surface area contributed by atoms with Crippen LogP contribution in [0.25, 0.3) is 33.6 Å². The normalized spacial score (nSPS) is 15.7. The molecule has 0 spiro atoms. The van der Waals surface area contributed by atoms with Crippen molar-refractivity contribution in [2.24, 2.45) is 0 Å². The van der Waals surface area contributed by atoms with E-state index < -0.39 is 5.41 Å². The molecule has 2 heterocycles. The van der Waals surface area contributed by atoms with Crippen LogP contribution in [-0.2, 0) is 5.41 Å². The largest absolute Gasteiger partial charge is 0.457 e. The van der Waals surface area contributed by atoms with E-state index in [1.165, 1.54) is 16.7 Å². The predicted molar refractivity (Wildman–Crippen MR) is 202 cm³/mol. The molecule has 3 heteroatoms. The smallest absolute Gasteiger partial charge is 0.136 e. The lowest BCUT2D eigenvalue weighted by molar-refractivity contribution is 0.433. The average Bonchev–Trinajstić information content (AvgIpc) is 3.21. The van der Waals surface area contributed by atoms with Gasteiger partial charge in [0.25, 0.3) is 0 Å². The van der Waals surface area contributed by atoms with Gasteiger partial charge in [0.1, 0.15) is 17.3 Å². The van der Waals surface area contributed by atoms with Crippen LogP contribution < -0.4 is 4.74 Å². The third-order valence-electron chi connectivity index (χ3n) is 9.95. The molecule has 0 amide bonds. The molecule has 0 saturated carbocycles. The second-order valence-corrected chi connectivity index (χ2v) is 12.9. The molecule has 1 unspecified atom stereocenters. The fourth-order valence-electron chi connectivity index (χ4n) is 7.59. The molecule has 0 saturated heterocycles. The molecule has 238 valence electrons. The molecule has 1 aliphatic carbocycles. The van der Waals surface area contributed by atoms with Gasteiger partial charge in [-0.1, -0.05) is 164 Å². The van der Waals surface area contributed by atoms with Gasteiger partial charge in [-0.15, -0.1) is 0 Å². The van der Waals surface area contributed by atoms with E-state index in [4.69, 9.17) is 14.7 Å².